The van der Waals surface area contributed by atoms with Gasteiger partial charge in [0.15, 0.2) is 0 Å². The lowest BCUT2D eigenvalue weighted by Crippen LogP contribution is -1.94. The van der Waals surface area contributed by atoms with Crippen LogP contribution in [-0.2, 0) is 0 Å². The summed E-state index contributed by atoms with van der Waals surface area (Å²) in [5.41, 5.74) is 18.4. The molecule has 0 aliphatic carbocycles. The van der Waals surface area contributed by atoms with Crippen molar-refractivity contribution in [2.45, 2.75) is 0 Å². The monoisotopic (exact) mass is 1200 g/mol. The van der Waals surface area contributed by atoms with Crippen molar-refractivity contribution < 1.29 is 0 Å². The van der Waals surface area contributed by atoms with Gasteiger partial charge in [0.05, 0.1) is 44.5 Å². The highest BCUT2D eigenvalue weighted by atomic mass is 32.1. The molecule has 0 bridgehead atoms. The number of nitrogens with zero attached hydrogens (tertiary/aromatic N) is 4. The highest BCUT2D eigenvalue weighted by Gasteiger charge is 2.24. The van der Waals surface area contributed by atoms with E-state index >= 15 is 0 Å². The van der Waals surface area contributed by atoms with Gasteiger partial charge in [-0.15, -0.1) is 22.7 Å². The Balaban J connectivity index is 0.000000132. The normalized spacial score (nSPS) is 11.9. The number of fused-ring (bicyclic) bond motifs is 20. The number of hydrogen-bond donors (Lipinski definition) is 0. The Bertz CT molecular complexity index is 6350. The maximum Gasteiger partial charge on any atom is 0.0788 e. The number of aromatic nitrogens is 4. The van der Waals surface area contributed by atoms with Crippen LogP contribution in [0.3, 0.4) is 0 Å². The number of benzene rings is 14. The van der Waals surface area contributed by atoms with Crippen molar-refractivity contribution in [3.8, 4) is 56.1 Å². The van der Waals surface area contributed by atoms with Crippen molar-refractivity contribution in [2.24, 2.45) is 0 Å². The minimum Gasteiger partial charge on any atom is -0.309 e. The molecule has 6 heteroatoms. The largest absolute Gasteiger partial charge is 0.309 e. The Morgan fingerprint density at radius 1 is 0.228 bits per heavy atom. The van der Waals surface area contributed by atoms with Gasteiger partial charge in [-0.2, -0.15) is 0 Å². The molecule has 0 saturated heterocycles. The average molecular weight is 1210 g/mol. The molecule has 14 aromatic carbocycles. The second-order valence-corrected chi connectivity index (χ2v) is 25.9. The third kappa shape index (κ3) is 8.14. The van der Waals surface area contributed by atoms with E-state index in [1.807, 2.05) is 22.7 Å². The van der Waals surface area contributed by atoms with Gasteiger partial charge in [0, 0.05) is 128 Å². The van der Waals surface area contributed by atoms with E-state index in [1.54, 1.807) is 0 Å². The lowest BCUT2D eigenvalue weighted by Gasteiger charge is -2.15. The van der Waals surface area contributed by atoms with Crippen molar-refractivity contribution in [3.63, 3.8) is 0 Å². The molecule has 0 fully saturated rings. The van der Waals surface area contributed by atoms with Crippen molar-refractivity contribution >= 4 is 150 Å². The summed E-state index contributed by atoms with van der Waals surface area (Å²) in [6.45, 7) is 0. The average Bonchev–Trinajstić information content (AvgIpc) is 1.42. The first-order valence-corrected chi connectivity index (χ1v) is 32.9. The molecule has 0 aliphatic heterocycles. The Labute approximate surface area is 537 Å². The van der Waals surface area contributed by atoms with Gasteiger partial charge in [-0.3, -0.25) is 0 Å². The van der Waals surface area contributed by atoms with Crippen molar-refractivity contribution in [3.05, 3.63) is 315 Å². The molecule has 6 heterocycles. The summed E-state index contributed by atoms with van der Waals surface area (Å²) in [6.07, 6.45) is 0. The first kappa shape index (κ1) is 52.4. The Kier molecular flexibility index (Phi) is 12.0. The maximum absolute atomic E-state index is 5.31. The van der Waals surface area contributed by atoms with Crippen LogP contribution in [0.5, 0.6) is 0 Å². The molecule has 0 N–H and O–H groups in total. The number of pyridine rings is 2. The second-order valence-electron chi connectivity index (χ2n) is 23.8. The molecule has 20 aromatic rings. The van der Waals surface area contributed by atoms with Gasteiger partial charge in [-0.05, 0) is 102 Å². The van der Waals surface area contributed by atoms with E-state index in [9.17, 15) is 0 Å². The lowest BCUT2D eigenvalue weighted by atomic mass is 9.92. The minimum atomic E-state index is 1.02. The van der Waals surface area contributed by atoms with E-state index in [0.29, 0.717) is 0 Å². The van der Waals surface area contributed by atoms with Gasteiger partial charge in [-0.1, -0.05) is 224 Å². The van der Waals surface area contributed by atoms with E-state index in [4.69, 9.17) is 9.97 Å². The van der Waals surface area contributed by atoms with Crippen LogP contribution in [0.1, 0.15) is 0 Å². The predicted octanol–water partition coefficient (Wildman–Crippen LogP) is 24.4. The summed E-state index contributed by atoms with van der Waals surface area (Å²) < 4.78 is 10.0. The van der Waals surface area contributed by atoms with E-state index in [-0.39, 0.29) is 0 Å². The quantitative estimate of drug-likeness (QED) is 0.156. The van der Waals surface area contributed by atoms with Gasteiger partial charge in [-0.25, -0.2) is 9.97 Å². The van der Waals surface area contributed by atoms with Crippen LogP contribution in [-0.4, -0.2) is 19.1 Å². The van der Waals surface area contributed by atoms with Gasteiger partial charge in [0.25, 0.3) is 0 Å². The van der Waals surface area contributed by atoms with Crippen LogP contribution in [0, 0.1) is 0 Å². The fraction of sp³-hybridized carbons (Fsp3) is 0. The van der Waals surface area contributed by atoms with E-state index in [0.717, 1.165) is 33.5 Å². The number of rotatable bonds is 6. The number of hydrogen-bond acceptors (Lipinski definition) is 4. The molecule has 0 saturated carbocycles. The summed E-state index contributed by atoms with van der Waals surface area (Å²) in [5.74, 6) is 0. The minimum absolute atomic E-state index is 1.02. The molecule has 0 radical (unpaired) electrons. The predicted molar refractivity (Wildman–Crippen MR) is 395 cm³/mol. The van der Waals surface area contributed by atoms with E-state index in [2.05, 4.69) is 325 Å². The molecule has 0 spiro atoms. The Morgan fingerprint density at radius 3 is 1.11 bits per heavy atom. The van der Waals surface area contributed by atoms with Crippen LogP contribution in [0.15, 0.2) is 315 Å². The molecule has 0 aliphatic rings. The fourth-order valence-corrected chi connectivity index (χ4v) is 17.2. The third-order valence-corrected chi connectivity index (χ3v) is 21.1. The van der Waals surface area contributed by atoms with Crippen LogP contribution in [0.25, 0.3) is 183 Å². The highest BCUT2D eigenvalue weighted by Crippen LogP contribution is 2.51. The third-order valence-electron chi connectivity index (χ3n) is 18.7. The molecular formula is C86H52N4S2. The fourth-order valence-electron chi connectivity index (χ4n) is 14.7. The Morgan fingerprint density at radius 2 is 0.598 bits per heavy atom. The molecule has 0 unspecified atom stereocenters. The summed E-state index contributed by atoms with van der Waals surface area (Å²) in [6, 6.07) is 114. The zero-order valence-corrected chi connectivity index (χ0v) is 51.3. The molecule has 92 heavy (non-hydrogen) atoms. The van der Waals surface area contributed by atoms with Crippen molar-refractivity contribution in [2.75, 3.05) is 0 Å². The van der Waals surface area contributed by atoms with Crippen molar-refractivity contribution in [1.29, 1.82) is 0 Å². The number of para-hydroxylation sites is 6. The van der Waals surface area contributed by atoms with Crippen LogP contribution in [0.2, 0.25) is 0 Å². The SMILES string of the molecule is c1ccc(-c2nc3ccccc3c3c2cc(-c2ccc4c(c2)c2ccccc2n4-c2ccccc2)c2sc4ccccc4c23)cc1.c1ccc(-c2nc3ccccc3c3c2cc(-c2ccc4c5ccccc5n(-c5ccccc5)c4c2)c2sc4ccccc4c23)cc1. The molecule has 20 rings (SSSR count). The zero-order valence-electron chi connectivity index (χ0n) is 49.6. The molecule has 6 aromatic heterocycles. The summed E-state index contributed by atoms with van der Waals surface area (Å²) in [7, 11) is 0. The second kappa shape index (κ2) is 21.0. The standard InChI is InChI=1S/2C43H26N2S/c1-3-13-27(14-4-1)42-35-26-34(43-41(33-19-9-12-22-39(33)46-43)40(35)32-18-7-10-20-36(32)44-42)28-23-24-31-30-17-8-11-21-37(30)45(38(31)25-28)29-15-5-2-6-16-29;1-3-13-27(14-4-1)42-35-26-33(43-41(32-19-9-12-22-39(32)46-43)40(35)31-18-7-10-20-36(31)44-42)28-23-24-38-34(25-28)30-17-8-11-21-37(30)45(38)29-15-5-2-6-16-29/h2*1-26H. The van der Waals surface area contributed by atoms with Crippen molar-refractivity contribution in [1.82, 2.24) is 19.1 Å². The van der Waals surface area contributed by atoms with Gasteiger partial charge < -0.3 is 9.13 Å². The van der Waals surface area contributed by atoms with Gasteiger partial charge in [0.2, 0.25) is 0 Å². The summed E-state index contributed by atoms with van der Waals surface area (Å²) in [5, 5.41) is 17.6. The van der Waals surface area contributed by atoms with Crippen LogP contribution >= 0.6 is 22.7 Å². The molecule has 4 nitrogen and oxygen atoms in total. The van der Waals surface area contributed by atoms with E-state index in [1.165, 1.54) is 150 Å². The lowest BCUT2D eigenvalue weighted by molar-refractivity contribution is 1.18. The van der Waals surface area contributed by atoms with E-state index < -0.39 is 0 Å². The first-order valence-electron chi connectivity index (χ1n) is 31.3. The molecular weight excluding hydrogens is 1150 g/mol. The Hall–Kier alpha value is -11.5. The van der Waals surface area contributed by atoms with Gasteiger partial charge in [0.1, 0.15) is 0 Å². The maximum atomic E-state index is 5.31. The van der Waals surface area contributed by atoms with Crippen LogP contribution in [0.4, 0.5) is 0 Å². The number of thiophene rings is 2. The summed E-state index contributed by atoms with van der Waals surface area (Å²) in [4.78, 5) is 10.6. The smallest absolute Gasteiger partial charge is 0.0788 e. The first-order chi connectivity index (χ1) is 45.7. The van der Waals surface area contributed by atoms with Gasteiger partial charge >= 0.3 is 0 Å². The molecule has 428 valence electrons. The van der Waals surface area contributed by atoms with Crippen LogP contribution < -0.4 is 0 Å². The highest BCUT2D eigenvalue weighted by molar-refractivity contribution is 7.27. The molecule has 0 amide bonds. The molecule has 0 atom stereocenters. The topological polar surface area (TPSA) is 35.6 Å². The summed E-state index contributed by atoms with van der Waals surface area (Å²) >= 11 is 3.79. The zero-order chi connectivity index (χ0) is 60.4.